The molecule has 0 radical (unpaired) electrons. The Labute approximate surface area is 119 Å². The van der Waals surface area contributed by atoms with E-state index >= 15 is 0 Å². The van der Waals surface area contributed by atoms with Crippen molar-refractivity contribution in [3.8, 4) is 0 Å². The van der Waals surface area contributed by atoms with Crippen molar-refractivity contribution in [2.75, 3.05) is 6.54 Å². The summed E-state index contributed by atoms with van der Waals surface area (Å²) in [5, 5.41) is 9.33. The molecule has 0 aliphatic carbocycles. The highest BCUT2D eigenvalue weighted by Gasteiger charge is 2.31. The van der Waals surface area contributed by atoms with E-state index in [1.165, 1.54) is 6.42 Å². The van der Waals surface area contributed by atoms with Crippen LogP contribution in [0, 0.1) is 5.92 Å². The number of hydrogen-bond donors (Lipinski definition) is 2. The fourth-order valence-corrected chi connectivity index (χ4v) is 3.27. The number of aromatic nitrogens is 1. The van der Waals surface area contributed by atoms with Gasteiger partial charge >= 0.3 is 0 Å². The number of piperidine rings is 1. The van der Waals surface area contributed by atoms with Crippen molar-refractivity contribution in [1.29, 1.82) is 0 Å². The molecule has 2 unspecified atom stereocenters. The van der Waals surface area contributed by atoms with Crippen molar-refractivity contribution >= 4 is 17.2 Å². The van der Waals surface area contributed by atoms with E-state index in [1.807, 2.05) is 19.2 Å². The quantitative estimate of drug-likeness (QED) is 0.890. The minimum Gasteiger partial charge on any atom is -0.343 e. The lowest BCUT2D eigenvalue weighted by Crippen LogP contribution is -2.53. The van der Waals surface area contributed by atoms with Crippen molar-refractivity contribution < 1.29 is 4.79 Å². The maximum atomic E-state index is 12.4. The Morgan fingerprint density at radius 1 is 1.63 bits per heavy atom. The van der Waals surface area contributed by atoms with Crippen LogP contribution in [0.2, 0.25) is 0 Å². The van der Waals surface area contributed by atoms with Crippen LogP contribution in [0.3, 0.4) is 0 Å². The van der Waals surface area contributed by atoms with Crippen LogP contribution in [0.15, 0.2) is 11.6 Å². The molecular formula is C14H23N3OS. The van der Waals surface area contributed by atoms with Crippen LogP contribution in [0.5, 0.6) is 0 Å². The van der Waals surface area contributed by atoms with Gasteiger partial charge in [-0.3, -0.25) is 4.79 Å². The molecule has 2 rings (SSSR count). The highest BCUT2D eigenvalue weighted by Crippen LogP contribution is 2.24. The molecule has 4 nitrogen and oxygen atoms in total. The van der Waals surface area contributed by atoms with Gasteiger partial charge in [0.2, 0.25) is 5.91 Å². The van der Waals surface area contributed by atoms with E-state index in [2.05, 4.69) is 22.5 Å². The van der Waals surface area contributed by atoms with Gasteiger partial charge in [-0.05, 0) is 39.2 Å². The Morgan fingerprint density at radius 2 is 2.42 bits per heavy atom. The molecule has 2 heterocycles. The fraction of sp³-hybridized carbons (Fsp3) is 0.714. The van der Waals surface area contributed by atoms with Gasteiger partial charge in [-0.25, -0.2) is 4.98 Å². The number of nitrogens with zero attached hydrogens (tertiary/aromatic N) is 1. The normalized spacial score (nSPS) is 24.2. The summed E-state index contributed by atoms with van der Waals surface area (Å²) in [5.74, 6) is 0.762. The van der Waals surface area contributed by atoms with Gasteiger partial charge in [0.05, 0.1) is 11.6 Å². The van der Waals surface area contributed by atoms with Gasteiger partial charge in [-0.2, -0.15) is 0 Å². The average molecular weight is 281 g/mol. The topological polar surface area (TPSA) is 54.0 Å². The van der Waals surface area contributed by atoms with Gasteiger partial charge in [0, 0.05) is 11.6 Å². The second kappa shape index (κ2) is 6.01. The lowest BCUT2D eigenvalue weighted by molar-refractivity contribution is -0.125. The third kappa shape index (κ3) is 3.54. The summed E-state index contributed by atoms with van der Waals surface area (Å²) in [6, 6.07) is -0.0575. The van der Waals surface area contributed by atoms with E-state index < -0.39 is 5.54 Å². The number of carbonyl (C=O) groups excluding carboxylic acids is 1. The number of hydrogen-bond acceptors (Lipinski definition) is 4. The summed E-state index contributed by atoms with van der Waals surface area (Å²) in [5.41, 5.74) is -0.397. The summed E-state index contributed by atoms with van der Waals surface area (Å²) in [7, 11) is 0. The van der Waals surface area contributed by atoms with Gasteiger partial charge in [0.15, 0.2) is 0 Å². The van der Waals surface area contributed by atoms with Gasteiger partial charge in [-0.15, -0.1) is 11.3 Å². The minimum absolute atomic E-state index is 0.0575. The standard InChI is InChI=1S/C14H23N3OS/c1-4-10-5-6-15-11(9-10)12(18)17-14(2,3)13-16-7-8-19-13/h7-8,10-11,15H,4-6,9H2,1-3H3,(H,17,18). The molecule has 106 valence electrons. The molecule has 1 aromatic heterocycles. The molecule has 1 saturated heterocycles. The molecule has 0 saturated carbocycles. The Bertz CT molecular complexity index is 416. The Balaban J connectivity index is 1.97. The van der Waals surface area contributed by atoms with Crippen LogP contribution in [0.25, 0.3) is 0 Å². The summed E-state index contributed by atoms with van der Waals surface area (Å²) >= 11 is 1.58. The largest absolute Gasteiger partial charge is 0.343 e. The Morgan fingerprint density at radius 3 is 3.05 bits per heavy atom. The van der Waals surface area contributed by atoms with E-state index in [4.69, 9.17) is 0 Å². The van der Waals surface area contributed by atoms with Crippen molar-refractivity contribution in [1.82, 2.24) is 15.6 Å². The molecule has 1 aliphatic heterocycles. The molecule has 1 aromatic rings. The summed E-state index contributed by atoms with van der Waals surface area (Å²) < 4.78 is 0. The van der Waals surface area contributed by atoms with Crippen LogP contribution < -0.4 is 10.6 Å². The van der Waals surface area contributed by atoms with E-state index in [-0.39, 0.29) is 11.9 Å². The zero-order valence-corrected chi connectivity index (χ0v) is 12.7. The minimum atomic E-state index is -0.397. The lowest BCUT2D eigenvalue weighted by Gasteiger charge is -2.32. The molecule has 1 amide bonds. The summed E-state index contributed by atoms with van der Waals surface area (Å²) in [4.78, 5) is 16.7. The third-order valence-electron chi connectivity index (χ3n) is 3.81. The molecule has 1 aliphatic rings. The Hall–Kier alpha value is -0.940. The van der Waals surface area contributed by atoms with Gasteiger partial charge in [0.1, 0.15) is 5.01 Å². The number of rotatable bonds is 4. The summed E-state index contributed by atoms with van der Waals surface area (Å²) in [6.45, 7) is 7.15. The van der Waals surface area contributed by atoms with Crippen LogP contribution in [0.4, 0.5) is 0 Å². The second-order valence-electron chi connectivity index (χ2n) is 5.76. The molecule has 19 heavy (non-hydrogen) atoms. The first kappa shape index (κ1) is 14.5. The lowest BCUT2D eigenvalue weighted by atomic mass is 9.89. The molecule has 5 heteroatoms. The monoisotopic (exact) mass is 281 g/mol. The molecule has 0 spiro atoms. The van der Waals surface area contributed by atoms with Gasteiger partial charge in [-0.1, -0.05) is 13.3 Å². The molecular weight excluding hydrogens is 258 g/mol. The van der Waals surface area contributed by atoms with E-state index in [0.29, 0.717) is 5.92 Å². The molecule has 0 aromatic carbocycles. The first-order valence-corrected chi connectivity index (χ1v) is 7.86. The van der Waals surface area contributed by atoms with Gasteiger partial charge in [0.25, 0.3) is 0 Å². The number of carbonyl (C=O) groups is 1. The van der Waals surface area contributed by atoms with Crippen molar-refractivity contribution in [3.63, 3.8) is 0 Å². The number of thiazole rings is 1. The zero-order chi connectivity index (χ0) is 13.9. The van der Waals surface area contributed by atoms with Crippen LogP contribution in [-0.2, 0) is 10.3 Å². The van der Waals surface area contributed by atoms with Crippen molar-refractivity contribution in [3.05, 3.63) is 16.6 Å². The van der Waals surface area contributed by atoms with E-state index in [0.717, 1.165) is 24.4 Å². The smallest absolute Gasteiger partial charge is 0.237 e. The summed E-state index contributed by atoms with van der Waals surface area (Å²) in [6.07, 6.45) is 5.05. The van der Waals surface area contributed by atoms with Crippen LogP contribution in [-0.4, -0.2) is 23.5 Å². The maximum absolute atomic E-state index is 12.4. The highest BCUT2D eigenvalue weighted by atomic mass is 32.1. The van der Waals surface area contributed by atoms with Crippen molar-refractivity contribution in [2.45, 2.75) is 51.6 Å². The second-order valence-corrected chi connectivity index (χ2v) is 6.65. The van der Waals surface area contributed by atoms with Crippen LogP contribution in [0.1, 0.15) is 45.0 Å². The Kier molecular flexibility index (Phi) is 4.58. The first-order valence-electron chi connectivity index (χ1n) is 6.98. The van der Waals surface area contributed by atoms with Crippen LogP contribution >= 0.6 is 11.3 Å². The number of amides is 1. The SMILES string of the molecule is CCC1CCNC(C(=O)NC(C)(C)c2nccs2)C1. The van der Waals surface area contributed by atoms with E-state index in [9.17, 15) is 4.79 Å². The first-order chi connectivity index (χ1) is 9.03. The maximum Gasteiger partial charge on any atom is 0.237 e. The predicted molar refractivity (Wildman–Crippen MR) is 78.1 cm³/mol. The fourth-order valence-electron chi connectivity index (χ4n) is 2.55. The van der Waals surface area contributed by atoms with E-state index in [1.54, 1.807) is 17.5 Å². The predicted octanol–water partition coefficient (Wildman–Crippen LogP) is 2.27. The molecule has 1 fully saturated rings. The molecule has 0 bridgehead atoms. The third-order valence-corrected chi connectivity index (χ3v) is 4.91. The average Bonchev–Trinajstić information content (AvgIpc) is 2.93. The molecule has 2 atom stereocenters. The van der Waals surface area contributed by atoms with Gasteiger partial charge < -0.3 is 10.6 Å². The zero-order valence-electron chi connectivity index (χ0n) is 11.9. The molecule has 2 N–H and O–H groups in total. The van der Waals surface area contributed by atoms with Crippen molar-refractivity contribution in [2.24, 2.45) is 5.92 Å². The highest BCUT2D eigenvalue weighted by molar-refractivity contribution is 7.09. The number of nitrogens with one attached hydrogen (secondary N) is 2.